The highest BCUT2D eigenvalue weighted by atomic mass is 19.3. The maximum Gasteiger partial charge on any atom is 0.345 e. The number of carbonyl (C=O) groups excluding carboxylic acids is 1. The number of fused-ring (bicyclic) bond motifs is 1. The molecule has 6 nitrogen and oxygen atoms in total. The van der Waals surface area contributed by atoms with Crippen LogP contribution in [-0.2, 0) is 4.74 Å². The van der Waals surface area contributed by atoms with E-state index in [1.165, 1.54) is 27.9 Å². The van der Waals surface area contributed by atoms with Gasteiger partial charge in [0.25, 0.3) is 12.3 Å². The lowest BCUT2D eigenvalue weighted by Gasteiger charge is -2.32. The molecular formula is C15H16F4N4O2. The maximum atomic E-state index is 13.3. The minimum atomic E-state index is -2.92. The Bertz CT molecular complexity index is 752. The Morgan fingerprint density at radius 1 is 1.36 bits per heavy atom. The molecule has 3 rings (SSSR count). The number of nitrogens with zero attached hydrogens (tertiary/aromatic N) is 4. The topological polar surface area (TPSA) is 59.7 Å². The molecule has 0 aliphatic carbocycles. The molecule has 0 saturated carbocycles. The van der Waals surface area contributed by atoms with Crippen molar-refractivity contribution in [3.8, 4) is 0 Å². The largest absolute Gasteiger partial charge is 0.345 e. The van der Waals surface area contributed by atoms with Gasteiger partial charge in [0.2, 0.25) is 0 Å². The first-order chi connectivity index (χ1) is 12.0. The minimum absolute atomic E-state index is 0.149. The van der Waals surface area contributed by atoms with Crippen LogP contribution in [0.3, 0.4) is 0 Å². The highest BCUT2D eigenvalue weighted by Gasteiger charge is 2.31. The number of amides is 1. The van der Waals surface area contributed by atoms with E-state index in [0.717, 1.165) is 0 Å². The molecule has 1 fully saturated rings. The third-order valence-electron chi connectivity index (χ3n) is 4.13. The number of rotatable bonds is 5. The molecule has 0 bridgehead atoms. The number of likely N-dealkylation sites (tertiary alicyclic amines) is 1. The summed E-state index contributed by atoms with van der Waals surface area (Å²) in [5.41, 5.74) is -0.678. The molecule has 1 aliphatic rings. The molecule has 10 heteroatoms. The standard InChI is InChI=1S/C15H16F4N4O2/c16-13(17)11-12(23-5-3-20-6-10(23)21-11)14(24)22-4-1-2-9(7-22)8-25-15(18)19/h3,5-6,9,13,15H,1-2,4,7-8H2. The SMILES string of the molecule is O=C(c1c(C(F)F)nc2cnccn12)N1CCCC(COC(F)F)C1. The van der Waals surface area contributed by atoms with Crippen molar-refractivity contribution in [2.45, 2.75) is 25.9 Å². The van der Waals surface area contributed by atoms with Crippen LogP contribution < -0.4 is 0 Å². The summed E-state index contributed by atoms with van der Waals surface area (Å²) in [5, 5.41) is 0. The molecular weight excluding hydrogens is 344 g/mol. The van der Waals surface area contributed by atoms with Gasteiger partial charge >= 0.3 is 6.61 Å². The molecule has 0 spiro atoms. The fourth-order valence-corrected chi connectivity index (χ4v) is 3.03. The van der Waals surface area contributed by atoms with Crippen molar-refractivity contribution in [2.24, 2.45) is 5.92 Å². The van der Waals surface area contributed by atoms with Gasteiger partial charge in [0.1, 0.15) is 11.4 Å². The van der Waals surface area contributed by atoms with E-state index in [4.69, 9.17) is 0 Å². The number of alkyl halides is 4. The monoisotopic (exact) mass is 360 g/mol. The average Bonchev–Trinajstić information content (AvgIpc) is 2.99. The predicted octanol–water partition coefficient (Wildman–Crippen LogP) is 2.76. The summed E-state index contributed by atoms with van der Waals surface area (Å²) in [7, 11) is 0. The van der Waals surface area contributed by atoms with E-state index in [-0.39, 0.29) is 30.4 Å². The van der Waals surface area contributed by atoms with Gasteiger partial charge in [0.05, 0.1) is 12.8 Å². The van der Waals surface area contributed by atoms with Crippen molar-refractivity contribution in [1.29, 1.82) is 0 Å². The Hall–Kier alpha value is -2.23. The quantitative estimate of drug-likeness (QED) is 0.770. The van der Waals surface area contributed by atoms with E-state index in [0.29, 0.717) is 19.4 Å². The van der Waals surface area contributed by atoms with E-state index >= 15 is 0 Å². The average molecular weight is 360 g/mol. The van der Waals surface area contributed by atoms with Gasteiger partial charge in [-0.15, -0.1) is 0 Å². The van der Waals surface area contributed by atoms with Crippen LogP contribution >= 0.6 is 0 Å². The zero-order chi connectivity index (χ0) is 18.0. The van der Waals surface area contributed by atoms with Crippen LogP contribution in [0.25, 0.3) is 5.65 Å². The highest BCUT2D eigenvalue weighted by molar-refractivity contribution is 5.95. The molecule has 1 amide bonds. The summed E-state index contributed by atoms with van der Waals surface area (Å²) in [4.78, 5) is 21.8. The molecule has 0 radical (unpaired) electrons. The van der Waals surface area contributed by atoms with E-state index in [9.17, 15) is 22.4 Å². The van der Waals surface area contributed by atoms with Crippen LogP contribution in [0, 0.1) is 5.92 Å². The fraction of sp³-hybridized carbons (Fsp3) is 0.533. The maximum absolute atomic E-state index is 13.3. The summed E-state index contributed by atoms with van der Waals surface area (Å²) < 4.78 is 56.6. The van der Waals surface area contributed by atoms with Crippen LogP contribution in [0.4, 0.5) is 17.6 Å². The molecule has 0 aromatic carbocycles. The third-order valence-corrected chi connectivity index (χ3v) is 4.13. The van der Waals surface area contributed by atoms with E-state index in [1.807, 2.05) is 0 Å². The van der Waals surface area contributed by atoms with Crippen molar-refractivity contribution in [2.75, 3.05) is 19.7 Å². The zero-order valence-electron chi connectivity index (χ0n) is 13.1. The van der Waals surface area contributed by atoms with E-state index in [2.05, 4.69) is 14.7 Å². The van der Waals surface area contributed by atoms with Crippen molar-refractivity contribution in [3.63, 3.8) is 0 Å². The first-order valence-electron chi connectivity index (χ1n) is 7.76. The van der Waals surface area contributed by atoms with Gasteiger partial charge in [-0.3, -0.25) is 14.2 Å². The van der Waals surface area contributed by atoms with Crippen molar-refractivity contribution >= 4 is 11.6 Å². The predicted molar refractivity (Wildman–Crippen MR) is 78.5 cm³/mol. The van der Waals surface area contributed by atoms with Crippen molar-refractivity contribution in [3.05, 3.63) is 30.0 Å². The number of hydrogen-bond donors (Lipinski definition) is 0. The second kappa shape index (κ2) is 7.34. The third kappa shape index (κ3) is 3.73. The smallest absolute Gasteiger partial charge is 0.337 e. The highest BCUT2D eigenvalue weighted by Crippen LogP contribution is 2.26. The molecule has 2 aromatic rings. The van der Waals surface area contributed by atoms with Gasteiger partial charge < -0.3 is 9.64 Å². The second-order valence-electron chi connectivity index (χ2n) is 5.80. The first kappa shape index (κ1) is 17.6. The van der Waals surface area contributed by atoms with Gasteiger partial charge in [0.15, 0.2) is 5.65 Å². The number of imidazole rings is 1. The molecule has 3 heterocycles. The summed E-state index contributed by atoms with van der Waals surface area (Å²) in [5.74, 6) is -0.863. The van der Waals surface area contributed by atoms with Crippen LogP contribution in [0.1, 0.15) is 35.4 Å². The summed E-state index contributed by atoms with van der Waals surface area (Å²) in [6.07, 6.45) is 2.36. The Morgan fingerprint density at radius 2 is 2.16 bits per heavy atom. The Morgan fingerprint density at radius 3 is 2.88 bits per heavy atom. The molecule has 25 heavy (non-hydrogen) atoms. The number of piperidine rings is 1. The lowest BCUT2D eigenvalue weighted by molar-refractivity contribution is -0.140. The van der Waals surface area contributed by atoms with Crippen LogP contribution in [0.2, 0.25) is 0 Å². The van der Waals surface area contributed by atoms with Gasteiger partial charge in [-0.2, -0.15) is 8.78 Å². The number of carbonyl (C=O) groups is 1. The molecule has 1 unspecified atom stereocenters. The molecule has 2 aromatic heterocycles. The van der Waals surface area contributed by atoms with Crippen molar-refractivity contribution in [1.82, 2.24) is 19.3 Å². The Balaban J connectivity index is 1.85. The van der Waals surface area contributed by atoms with Gasteiger partial charge in [-0.25, -0.2) is 13.8 Å². The van der Waals surface area contributed by atoms with Crippen molar-refractivity contribution < 1.29 is 27.1 Å². The van der Waals surface area contributed by atoms with Crippen LogP contribution in [0.5, 0.6) is 0 Å². The Kier molecular flexibility index (Phi) is 5.16. The molecule has 1 aliphatic heterocycles. The summed E-state index contributed by atoms with van der Waals surface area (Å²) in [6.45, 7) is -2.51. The van der Waals surface area contributed by atoms with E-state index < -0.39 is 24.6 Å². The summed E-state index contributed by atoms with van der Waals surface area (Å²) in [6, 6.07) is 0. The fourth-order valence-electron chi connectivity index (χ4n) is 3.03. The first-order valence-corrected chi connectivity index (χ1v) is 7.76. The number of aromatic nitrogens is 3. The minimum Gasteiger partial charge on any atom is -0.337 e. The zero-order valence-corrected chi connectivity index (χ0v) is 13.1. The van der Waals surface area contributed by atoms with Gasteiger partial charge in [-0.1, -0.05) is 0 Å². The number of hydrogen-bond acceptors (Lipinski definition) is 4. The molecule has 1 saturated heterocycles. The number of ether oxygens (including phenoxy) is 1. The number of halogens is 4. The molecule has 0 N–H and O–H groups in total. The lowest BCUT2D eigenvalue weighted by atomic mass is 9.98. The van der Waals surface area contributed by atoms with Crippen LogP contribution in [0.15, 0.2) is 18.6 Å². The normalized spacial score (nSPS) is 18.5. The van der Waals surface area contributed by atoms with Crippen LogP contribution in [-0.4, -0.2) is 51.5 Å². The van der Waals surface area contributed by atoms with E-state index in [1.54, 1.807) is 0 Å². The molecule has 1 atom stereocenters. The lowest BCUT2D eigenvalue weighted by Crippen LogP contribution is -2.42. The van der Waals surface area contributed by atoms with Gasteiger partial charge in [0, 0.05) is 31.4 Å². The van der Waals surface area contributed by atoms with Gasteiger partial charge in [-0.05, 0) is 12.8 Å². The Labute approximate surface area is 140 Å². The summed E-state index contributed by atoms with van der Waals surface area (Å²) >= 11 is 0. The second-order valence-corrected chi connectivity index (χ2v) is 5.80. The molecule has 136 valence electrons.